The zero-order valence-electron chi connectivity index (χ0n) is 29.7. The van der Waals surface area contributed by atoms with Crippen LogP contribution >= 0.6 is 0 Å². The summed E-state index contributed by atoms with van der Waals surface area (Å²) >= 11 is 0. The second-order valence-electron chi connectivity index (χ2n) is 15.1. The van der Waals surface area contributed by atoms with Crippen LogP contribution in [0.5, 0.6) is 0 Å². The van der Waals surface area contributed by atoms with Gasteiger partial charge in [0.05, 0.1) is 22.9 Å². The molecule has 2 aliphatic heterocycles. The molecule has 0 bridgehead atoms. The molecule has 1 spiro atoms. The number of halogens is 2. The number of carbonyl (C=O) groups excluding carboxylic acids is 1. The molecule has 282 valence electrons. The van der Waals surface area contributed by atoms with Crippen molar-refractivity contribution in [1.82, 2.24) is 24.8 Å². The van der Waals surface area contributed by atoms with Gasteiger partial charge < -0.3 is 20.3 Å². The van der Waals surface area contributed by atoms with Gasteiger partial charge in [-0.1, -0.05) is 18.2 Å². The van der Waals surface area contributed by atoms with Crippen LogP contribution in [-0.4, -0.2) is 80.9 Å². The molecule has 0 atom stereocenters. The van der Waals surface area contributed by atoms with Crippen LogP contribution in [0.15, 0.2) is 77.9 Å². The minimum Gasteiger partial charge on any atom is -0.446 e. The Bertz CT molecular complexity index is 2090. The zero-order chi connectivity index (χ0) is 37.4. The molecule has 4 aliphatic rings. The maximum absolute atomic E-state index is 14.9. The van der Waals surface area contributed by atoms with Gasteiger partial charge in [0.2, 0.25) is 5.95 Å². The van der Waals surface area contributed by atoms with E-state index in [1.165, 1.54) is 22.8 Å². The van der Waals surface area contributed by atoms with E-state index in [0.717, 1.165) is 76.7 Å². The lowest BCUT2D eigenvalue weighted by Crippen LogP contribution is -2.67. The van der Waals surface area contributed by atoms with Crippen molar-refractivity contribution < 1.29 is 23.2 Å². The van der Waals surface area contributed by atoms with Crippen molar-refractivity contribution >= 4 is 23.4 Å². The summed E-state index contributed by atoms with van der Waals surface area (Å²) in [6.45, 7) is 3.35. The van der Waals surface area contributed by atoms with Gasteiger partial charge in [0.1, 0.15) is 11.8 Å². The third-order valence-electron chi connectivity index (χ3n) is 11.5. The highest BCUT2D eigenvalue weighted by molar-refractivity contribution is 5.68. The van der Waals surface area contributed by atoms with Crippen LogP contribution in [0.3, 0.4) is 0 Å². The van der Waals surface area contributed by atoms with Gasteiger partial charge in [0.15, 0.2) is 11.6 Å². The number of aromatic nitrogens is 3. The Labute approximate surface area is 310 Å². The fraction of sp³-hybridized carbons (Fsp3) is 0.436. The molecule has 4 fully saturated rings. The molecule has 13 nitrogen and oxygen atoms in total. The van der Waals surface area contributed by atoms with Crippen molar-refractivity contribution in [2.24, 2.45) is 5.41 Å². The SMILES string of the molecule is O=C(N[C@H]1CC[C@H](Nc2ncc(F)c(-c3cccc(-n4ccccc4=O)c3)n2)CC1)OC1CC2(C1)CN(C1CCN(c3ccc([N+](=O)[O-])cc3F)CC1)C2. The molecule has 2 aromatic heterocycles. The normalized spacial score (nSPS) is 21.6. The van der Waals surface area contributed by atoms with Crippen LogP contribution in [-0.2, 0) is 4.74 Å². The number of anilines is 2. The van der Waals surface area contributed by atoms with Gasteiger partial charge in [0, 0.05) is 79.3 Å². The van der Waals surface area contributed by atoms with Gasteiger partial charge in [0.25, 0.3) is 11.2 Å². The molecule has 4 aromatic rings. The summed E-state index contributed by atoms with van der Waals surface area (Å²) in [6.07, 6.45) is 8.93. The number of ether oxygens (including phenoxy) is 1. The van der Waals surface area contributed by atoms with Crippen LogP contribution in [0, 0.1) is 27.2 Å². The minimum atomic E-state index is -0.586. The molecule has 15 heteroatoms. The Kier molecular flexibility index (Phi) is 9.73. The Hall–Kier alpha value is -5.44. The van der Waals surface area contributed by atoms with E-state index >= 15 is 0 Å². The number of likely N-dealkylation sites (tertiary alicyclic amines) is 1. The first-order valence-electron chi connectivity index (χ1n) is 18.6. The summed E-state index contributed by atoms with van der Waals surface area (Å²) in [5, 5.41) is 17.3. The van der Waals surface area contributed by atoms with Gasteiger partial charge in [-0.3, -0.25) is 24.4 Å². The van der Waals surface area contributed by atoms with Crippen LogP contribution in [0.4, 0.5) is 30.9 Å². The van der Waals surface area contributed by atoms with Crippen molar-refractivity contribution in [2.75, 3.05) is 36.4 Å². The van der Waals surface area contributed by atoms with Crippen LogP contribution < -0.4 is 21.1 Å². The molecule has 2 aromatic carbocycles. The van der Waals surface area contributed by atoms with Crippen molar-refractivity contribution in [2.45, 2.75) is 75.6 Å². The second kappa shape index (κ2) is 14.8. The van der Waals surface area contributed by atoms with Crippen LogP contribution in [0.2, 0.25) is 0 Å². The van der Waals surface area contributed by atoms with E-state index in [2.05, 4.69) is 25.5 Å². The highest BCUT2D eigenvalue weighted by atomic mass is 19.1. The molecular formula is C39H42F2N8O5. The van der Waals surface area contributed by atoms with Gasteiger partial charge >= 0.3 is 6.09 Å². The predicted molar refractivity (Wildman–Crippen MR) is 198 cm³/mol. The lowest BCUT2D eigenvalue weighted by Gasteiger charge is -2.61. The molecule has 0 unspecified atom stereocenters. The maximum atomic E-state index is 14.9. The fourth-order valence-corrected chi connectivity index (χ4v) is 8.66. The molecule has 2 saturated carbocycles. The summed E-state index contributed by atoms with van der Waals surface area (Å²) in [7, 11) is 0. The van der Waals surface area contributed by atoms with E-state index < -0.39 is 16.6 Å². The number of non-ortho nitro benzene ring substituents is 1. The summed E-state index contributed by atoms with van der Waals surface area (Å²) in [5.41, 5.74) is 1.46. The summed E-state index contributed by atoms with van der Waals surface area (Å²) in [5.74, 6) is -0.800. The molecule has 54 heavy (non-hydrogen) atoms. The summed E-state index contributed by atoms with van der Waals surface area (Å²) < 4.78 is 36.7. The number of piperidine rings is 1. The minimum absolute atomic E-state index is 0.00274. The van der Waals surface area contributed by atoms with Gasteiger partial charge in [-0.25, -0.2) is 23.5 Å². The lowest BCUT2D eigenvalue weighted by atomic mass is 9.61. The van der Waals surface area contributed by atoms with E-state index in [1.807, 2.05) is 4.90 Å². The van der Waals surface area contributed by atoms with E-state index in [0.29, 0.717) is 42.0 Å². The Morgan fingerprint density at radius 2 is 1.69 bits per heavy atom. The molecule has 2 N–H and O–H groups in total. The zero-order valence-corrected chi connectivity index (χ0v) is 29.7. The first-order chi connectivity index (χ1) is 26.1. The second-order valence-corrected chi connectivity index (χ2v) is 15.1. The molecule has 2 saturated heterocycles. The molecular weight excluding hydrogens is 698 g/mol. The largest absolute Gasteiger partial charge is 0.446 e. The molecule has 0 radical (unpaired) electrons. The number of benzene rings is 2. The number of amides is 1. The molecule has 8 rings (SSSR count). The number of nitro groups is 1. The number of alkyl carbamates (subject to hydrolysis) is 1. The monoisotopic (exact) mass is 740 g/mol. The van der Waals surface area contributed by atoms with Crippen molar-refractivity contribution in [1.29, 1.82) is 0 Å². The number of rotatable bonds is 9. The smallest absolute Gasteiger partial charge is 0.407 e. The van der Waals surface area contributed by atoms with Crippen LogP contribution in [0.1, 0.15) is 51.4 Å². The quantitative estimate of drug-likeness (QED) is 0.153. The lowest BCUT2D eigenvalue weighted by molar-refractivity contribution is -0.385. The molecule has 1 amide bonds. The number of pyridine rings is 1. The van der Waals surface area contributed by atoms with E-state index in [9.17, 15) is 28.5 Å². The third-order valence-corrected chi connectivity index (χ3v) is 11.5. The van der Waals surface area contributed by atoms with Crippen molar-refractivity contribution in [3.05, 3.63) is 105 Å². The number of hydrogen-bond donors (Lipinski definition) is 2. The predicted octanol–water partition coefficient (Wildman–Crippen LogP) is 6.06. The fourth-order valence-electron chi connectivity index (χ4n) is 8.66. The highest BCUT2D eigenvalue weighted by Crippen LogP contribution is 2.51. The maximum Gasteiger partial charge on any atom is 0.407 e. The number of nitrogens with one attached hydrogen (secondary N) is 2. The van der Waals surface area contributed by atoms with Gasteiger partial charge in [-0.15, -0.1) is 0 Å². The van der Waals surface area contributed by atoms with Gasteiger partial charge in [-0.2, -0.15) is 0 Å². The van der Waals surface area contributed by atoms with Gasteiger partial charge in [-0.05, 0) is 75.6 Å². The third kappa shape index (κ3) is 7.49. The average molecular weight is 741 g/mol. The number of carbonyl (C=O) groups is 1. The highest BCUT2D eigenvalue weighted by Gasteiger charge is 2.55. The first kappa shape index (κ1) is 35.6. The Morgan fingerprint density at radius 3 is 2.41 bits per heavy atom. The van der Waals surface area contributed by atoms with Crippen molar-refractivity contribution in [3.8, 4) is 16.9 Å². The Balaban J connectivity index is 0.747. The topological polar surface area (TPSA) is 148 Å². The van der Waals surface area contributed by atoms with E-state index in [-0.39, 0.29) is 46.6 Å². The van der Waals surface area contributed by atoms with Crippen LogP contribution in [0.25, 0.3) is 16.9 Å². The van der Waals surface area contributed by atoms with Crippen molar-refractivity contribution in [3.63, 3.8) is 0 Å². The van der Waals surface area contributed by atoms with E-state index in [4.69, 9.17) is 4.74 Å². The standard InChI is InChI=1S/C39H42F2N8O5/c40-32-19-30(49(52)53)11-12-34(32)46-16-13-28(14-17-46)47-23-39(24-47)20-31(21-39)54-38(51)44-27-9-7-26(8-10-27)43-37-42-22-33(41)36(45-37)25-4-3-5-29(18-25)48-15-2-1-6-35(48)50/h1-6,11-12,15,18-19,22,26-28,31H,7-10,13-14,16-17,20-21,23-24H2,(H,44,51)(H,42,43,45)/t26-,27-. The number of nitrogens with zero attached hydrogens (tertiary/aromatic N) is 6. The number of nitro benzene ring substituents is 1. The average Bonchev–Trinajstić information content (AvgIpc) is 3.14. The Morgan fingerprint density at radius 1 is 0.926 bits per heavy atom. The van der Waals surface area contributed by atoms with E-state index in [1.54, 1.807) is 42.6 Å². The summed E-state index contributed by atoms with van der Waals surface area (Å²) in [6, 6.07) is 16.2. The first-order valence-corrected chi connectivity index (χ1v) is 18.6. The number of hydrogen-bond acceptors (Lipinski definition) is 10. The molecule has 2 aliphatic carbocycles. The summed E-state index contributed by atoms with van der Waals surface area (Å²) in [4.78, 5) is 48.6. The molecule has 4 heterocycles.